The fraction of sp³-hybridized carbons (Fsp3) is 0.292. The molecule has 2 fully saturated rings. The molecule has 33 heavy (non-hydrogen) atoms. The van der Waals surface area contributed by atoms with Crippen LogP contribution in [-0.4, -0.2) is 55.2 Å². The number of carbonyl (C=O) groups is 2. The average Bonchev–Trinajstić information content (AvgIpc) is 3.14. The predicted molar refractivity (Wildman–Crippen MR) is 131 cm³/mol. The van der Waals surface area contributed by atoms with Crippen LogP contribution in [0.5, 0.6) is 0 Å². The highest BCUT2D eigenvalue weighted by molar-refractivity contribution is 8.05. The summed E-state index contributed by atoms with van der Waals surface area (Å²) in [6.45, 7) is 2.80. The van der Waals surface area contributed by atoms with Gasteiger partial charge in [0.15, 0.2) is 0 Å². The number of nitriles is 1. The molecule has 170 valence electrons. The number of amides is 2. The molecule has 2 aliphatic heterocycles. The zero-order valence-corrected chi connectivity index (χ0v) is 20.4. The molecule has 0 spiro atoms. The van der Waals surface area contributed by atoms with Crippen molar-refractivity contribution in [2.45, 2.75) is 11.7 Å². The molecule has 2 amide bonds. The van der Waals surface area contributed by atoms with E-state index < -0.39 is 5.25 Å². The summed E-state index contributed by atoms with van der Waals surface area (Å²) < 4.78 is 0. The van der Waals surface area contributed by atoms with E-state index >= 15 is 0 Å². The van der Waals surface area contributed by atoms with E-state index in [1.54, 1.807) is 29.2 Å². The monoisotopic (exact) mass is 501 g/mol. The van der Waals surface area contributed by atoms with Crippen LogP contribution in [0.15, 0.2) is 59.1 Å². The van der Waals surface area contributed by atoms with E-state index in [0.29, 0.717) is 40.3 Å². The Balaban J connectivity index is 1.72. The van der Waals surface area contributed by atoms with Crippen molar-refractivity contribution in [1.29, 1.82) is 5.26 Å². The molecule has 0 aromatic heterocycles. The first kappa shape index (κ1) is 23.7. The highest BCUT2D eigenvalue weighted by atomic mass is 35.5. The van der Waals surface area contributed by atoms with Crippen molar-refractivity contribution < 1.29 is 14.5 Å². The summed E-state index contributed by atoms with van der Waals surface area (Å²) in [4.78, 5) is 31.4. The van der Waals surface area contributed by atoms with Gasteiger partial charge < -0.3 is 9.80 Å². The molecule has 4 rings (SSSR count). The largest absolute Gasteiger partial charge is 0.334 e. The van der Waals surface area contributed by atoms with Gasteiger partial charge in [0.2, 0.25) is 5.91 Å². The van der Waals surface area contributed by atoms with E-state index in [0.717, 1.165) is 18.7 Å². The molecule has 2 aliphatic rings. The van der Waals surface area contributed by atoms with Crippen LogP contribution in [0.2, 0.25) is 10.0 Å². The molecule has 0 saturated carbocycles. The van der Waals surface area contributed by atoms with Crippen LogP contribution < -0.4 is 9.80 Å². The van der Waals surface area contributed by atoms with Gasteiger partial charge in [0.25, 0.3) is 5.91 Å². The number of para-hydroxylation sites is 1. The average molecular weight is 502 g/mol. The van der Waals surface area contributed by atoms with Gasteiger partial charge in [-0.25, -0.2) is 0 Å². The molecule has 1 atom stereocenters. The van der Waals surface area contributed by atoms with Crippen molar-refractivity contribution in [2.24, 2.45) is 0 Å². The van der Waals surface area contributed by atoms with Crippen LogP contribution in [0.25, 0.3) is 0 Å². The maximum absolute atomic E-state index is 13.5. The van der Waals surface area contributed by atoms with Crippen molar-refractivity contribution in [3.05, 3.63) is 74.7 Å². The highest BCUT2D eigenvalue weighted by Crippen LogP contribution is 2.43. The molecule has 0 unspecified atom stereocenters. The first-order chi connectivity index (χ1) is 15.9. The fourth-order valence-electron chi connectivity index (χ4n) is 3.95. The number of hydrogen-bond acceptors (Lipinski definition) is 4. The quantitative estimate of drug-likeness (QED) is 0.516. The molecule has 6 nitrogen and oxygen atoms in total. The molecular weight excluding hydrogens is 479 g/mol. The first-order valence-corrected chi connectivity index (χ1v) is 12.3. The minimum atomic E-state index is -0.538. The number of thioether (sulfide) groups is 1. The maximum atomic E-state index is 13.5. The highest BCUT2D eigenvalue weighted by Gasteiger charge is 2.42. The van der Waals surface area contributed by atoms with Crippen molar-refractivity contribution >= 4 is 52.5 Å². The number of carbonyl (C=O) groups excluding carboxylic acids is 2. The topological polar surface area (TPSA) is 68.8 Å². The Labute approximate surface area is 207 Å². The van der Waals surface area contributed by atoms with Gasteiger partial charge in [-0.2, -0.15) is 5.26 Å². The Morgan fingerprint density at radius 2 is 1.85 bits per heavy atom. The van der Waals surface area contributed by atoms with Gasteiger partial charge in [0.05, 0.1) is 48.5 Å². The third-order valence-corrected chi connectivity index (χ3v) is 7.97. The van der Waals surface area contributed by atoms with E-state index in [1.807, 2.05) is 24.3 Å². The number of nitrogens with zero attached hydrogens (tertiary/aromatic N) is 3. The molecule has 0 bridgehead atoms. The number of likely N-dealkylation sites (N-methyl/N-ethyl adjacent to an activating group) is 1. The van der Waals surface area contributed by atoms with Crippen LogP contribution in [0, 0.1) is 11.3 Å². The van der Waals surface area contributed by atoms with Gasteiger partial charge in [-0.15, -0.1) is 0 Å². The second-order valence-electron chi connectivity index (χ2n) is 8.07. The molecule has 0 aliphatic carbocycles. The third-order valence-electron chi connectivity index (χ3n) is 5.85. The third kappa shape index (κ3) is 4.90. The van der Waals surface area contributed by atoms with E-state index in [9.17, 15) is 14.9 Å². The van der Waals surface area contributed by atoms with Gasteiger partial charge in [0, 0.05) is 5.69 Å². The number of nitrogens with one attached hydrogen (secondary N) is 1. The summed E-state index contributed by atoms with van der Waals surface area (Å²) >= 11 is 13.8. The summed E-state index contributed by atoms with van der Waals surface area (Å²) in [6.07, 6.45) is 0.334. The lowest BCUT2D eigenvalue weighted by atomic mass is 10.1. The Bertz CT molecular complexity index is 1140. The summed E-state index contributed by atoms with van der Waals surface area (Å²) in [5.74, 6) is -0.525. The number of halogens is 2. The molecule has 2 aromatic rings. The van der Waals surface area contributed by atoms with E-state index in [-0.39, 0.29) is 17.4 Å². The SMILES string of the molecule is C[NH+]1CCN(C(=O)/C(C#N)=C2\S[C@@H](Cc3cccc(Cl)c3Cl)C(=O)N2c2ccccc2)CC1. The second-order valence-corrected chi connectivity index (χ2v) is 10.1. The molecular formula is C24H23Cl2N4O2S+. The second kappa shape index (κ2) is 10.2. The molecule has 1 N–H and O–H groups in total. The smallest absolute Gasteiger partial charge is 0.267 e. The van der Waals surface area contributed by atoms with Crippen molar-refractivity contribution in [3.8, 4) is 6.07 Å². The van der Waals surface area contributed by atoms with Gasteiger partial charge in [-0.05, 0) is 30.2 Å². The number of rotatable bonds is 4. The van der Waals surface area contributed by atoms with Gasteiger partial charge in [-0.1, -0.05) is 65.3 Å². The van der Waals surface area contributed by atoms with Crippen LogP contribution in [0.4, 0.5) is 5.69 Å². The van der Waals surface area contributed by atoms with Crippen LogP contribution in [0.1, 0.15) is 5.56 Å². The Hall–Kier alpha value is -2.50. The van der Waals surface area contributed by atoms with Gasteiger partial charge >= 0.3 is 0 Å². The van der Waals surface area contributed by atoms with Crippen molar-refractivity contribution in [3.63, 3.8) is 0 Å². The number of quaternary nitrogens is 1. The lowest BCUT2D eigenvalue weighted by Crippen LogP contribution is -3.12. The van der Waals surface area contributed by atoms with Crippen molar-refractivity contribution in [2.75, 3.05) is 38.1 Å². The summed E-state index contributed by atoms with van der Waals surface area (Å²) in [5, 5.41) is 10.7. The zero-order chi connectivity index (χ0) is 23.5. The summed E-state index contributed by atoms with van der Waals surface area (Å²) in [7, 11) is 2.08. The van der Waals surface area contributed by atoms with Gasteiger partial charge in [0.1, 0.15) is 16.7 Å². The number of hydrogen-bond donors (Lipinski definition) is 1. The minimum absolute atomic E-state index is 0.00329. The van der Waals surface area contributed by atoms with Crippen LogP contribution in [0.3, 0.4) is 0 Å². The maximum Gasteiger partial charge on any atom is 0.267 e. The summed E-state index contributed by atoms with van der Waals surface area (Å²) in [6, 6.07) is 16.5. The molecule has 2 saturated heterocycles. The normalized spacial score (nSPS) is 20.7. The Morgan fingerprint density at radius 3 is 2.52 bits per heavy atom. The zero-order valence-electron chi connectivity index (χ0n) is 18.1. The van der Waals surface area contributed by atoms with E-state index in [2.05, 4.69) is 13.1 Å². The summed E-state index contributed by atoms with van der Waals surface area (Å²) in [5.41, 5.74) is 1.36. The van der Waals surface area contributed by atoms with E-state index in [1.165, 1.54) is 21.6 Å². The van der Waals surface area contributed by atoms with Crippen molar-refractivity contribution in [1.82, 2.24) is 4.90 Å². The lowest BCUT2D eigenvalue weighted by molar-refractivity contribution is -0.883. The molecule has 0 radical (unpaired) electrons. The lowest BCUT2D eigenvalue weighted by Gasteiger charge is -2.30. The van der Waals surface area contributed by atoms with Crippen LogP contribution >= 0.6 is 35.0 Å². The minimum Gasteiger partial charge on any atom is -0.334 e. The first-order valence-electron chi connectivity index (χ1n) is 10.6. The van der Waals surface area contributed by atoms with E-state index in [4.69, 9.17) is 23.2 Å². The number of piperazine rings is 1. The number of benzene rings is 2. The molecule has 9 heteroatoms. The predicted octanol–water partition coefficient (Wildman–Crippen LogP) is 2.78. The van der Waals surface area contributed by atoms with Crippen LogP contribution in [-0.2, 0) is 16.0 Å². The molecule has 2 aromatic carbocycles. The Kier molecular flexibility index (Phi) is 7.30. The molecule has 2 heterocycles. The number of anilines is 1. The standard InChI is InChI=1S/C24H22Cl2N4O2S/c1-28-10-12-29(13-11-28)22(31)18(15-27)24-30(17-7-3-2-4-8-17)23(32)20(33-24)14-16-6-5-9-19(25)21(16)26/h2-9,20H,10-14H2,1H3/p+1/b24-18-/t20-/m0/s1. The fourth-order valence-corrected chi connectivity index (χ4v) is 5.63. The Morgan fingerprint density at radius 1 is 1.15 bits per heavy atom. The van der Waals surface area contributed by atoms with Gasteiger partial charge in [-0.3, -0.25) is 14.5 Å².